The molecule has 18 heavy (non-hydrogen) atoms. The summed E-state index contributed by atoms with van der Waals surface area (Å²) in [5, 5.41) is 12.6. The van der Waals surface area contributed by atoms with Gasteiger partial charge in [-0.3, -0.25) is 0 Å². The molecule has 0 saturated carbocycles. The van der Waals surface area contributed by atoms with Crippen LogP contribution in [0.4, 0.5) is 0 Å². The summed E-state index contributed by atoms with van der Waals surface area (Å²) in [6.07, 6.45) is 0. The normalized spacial score (nSPS) is 9.83. The molecule has 0 N–H and O–H groups in total. The minimum absolute atomic E-state index is 0.176. The Morgan fingerprint density at radius 2 is 2.11 bits per heavy atom. The van der Waals surface area contributed by atoms with Crippen molar-refractivity contribution < 1.29 is 14.0 Å². The third-order valence-electron chi connectivity index (χ3n) is 2.18. The molecule has 0 fully saturated rings. The Kier molecular flexibility index (Phi) is 3.44. The van der Waals surface area contributed by atoms with Crippen LogP contribution in [0.5, 0.6) is 11.5 Å². The average Bonchev–Trinajstić information content (AvgIpc) is 2.81. The van der Waals surface area contributed by atoms with Crippen molar-refractivity contribution in [3.8, 4) is 17.6 Å². The van der Waals surface area contributed by atoms with Gasteiger partial charge in [0.25, 0.3) is 0 Å². The summed E-state index contributed by atoms with van der Waals surface area (Å²) in [5.41, 5.74) is 0.466. The molecule has 0 bridgehead atoms. The molecule has 2 aromatic rings. The highest BCUT2D eigenvalue weighted by Gasteiger charge is 2.06. The second kappa shape index (κ2) is 5.19. The number of hydrogen-bond acceptors (Lipinski definition) is 6. The molecule has 6 nitrogen and oxygen atoms in total. The minimum Gasteiger partial charge on any atom is -0.497 e. The van der Waals surface area contributed by atoms with Crippen LogP contribution < -0.4 is 9.47 Å². The molecule has 1 heterocycles. The summed E-state index contributed by atoms with van der Waals surface area (Å²) in [6.45, 7) is 1.88. The van der Waals surface area contributed by atoms with Gasteiger partial charge in [0, 0.05) is 13.0 Å². The van der Waals surface area contributed by atoms with E-state index in [-0.39, 0.29) is 6.61 Å². The van der Waals surface area contributed by atoms with Crippen molar-refractivity contribution in [1.29, 1.82) is 5.26 Å². The van der Waals surface area contributed by atoms with Crippen molar-refractivity contribution in [3.05, 3.63) is 35.5 Å². The van der Waals surface area contributed by atoms with Crippen LogP contribution in [-0.4, -0.2) is 17.3 Å². The predicted molar refractivity (Wildman–Crippen MR) is 61.1 cm³/mol. The fourth-order valence-electron chi connectivity index (χ4n) is 1.39. The van der Waals surface area contributed by atoms with Crippen LogP contribution in [0, 0.1) is 18.3 Å². The van der Waals surface area contributed by atoms with E-state index in [9.17, 15) is 0 Å². The Morgan fingerprint density at radius 3 is 2.72 bits per heavy atom. The van der Waals surface area contributed by atoms with Crippen molar-refractivity contribution in [3.63, 3.8) is 0 Å². The smallest absolute Gasteiger partial charge is 0.223 e. The van der Waals surface area contributed by atoms with E-state index in [1.54, 1.807) is 25.1 Å². The van der Waals surface area contributed by atoms with Crippen LogP contribution in [0.3, 0.4) is 0 Å². The molecule has 6 heteroatoms. The van der Waals surface area contributed by atoms with Gasteiger partial charge < -0.3 is 14.0 Å². The van der Waals surface area contributed by atoms with Crippen molar-refractivity contribution in [2.24, 2.45) is 0 Å². The van der Waals surface area contributed by atoms with Crippen LogP contribution in [0.2, 0.25) is 0 Å². The van der Waals surface area contributed by atoms with Crippen LogP contribution in [0.25, 0.3) is 0 Å². The third kappa shape index (κ3) is 2.77. The zero-order chi connectivity index (χ0) is 13.0. The maximum absolute atomic E-state index is 8.87. The number of methoxy groups -OCH3 is 1. The number of rotatable bonds is 4. The van der Waals surface area contributed by atoms with Gasteiger partial charge >= 0.3 is 0 Å². The Balaban J connectivity index is 2.11. The summed E-state index contributed by atoms with van der Waals surface area (Å²) < 4.78 is 15.4. The van der Waals surface area contributed by atoms with Crippen LogP contribution in [0.15, 0.2) is 22.7 Å². The standard InChI is InChI=1S/C12H11N3O3/c1-8-14-12(15-18-8)7-17-11-4-9(6-13)3-10(5-11)16-2/h3-5H,7H2,1-2H3. The van der Waals surface area contributed by atoms with E-state index in [0.717, 1.165) is 0 Å². The van der Waals surface area contributed by atoms with E-state index in [2.05, 4.69) is 10.1 Å². The fourth-order valence-corrected chi connectivity index (χ4v) is 1.39. The highest BCUT2D eigenvalue weighted by atomic mass is 16.5. The SMILES string of the molecule is COc1cc(C#N)cc(OCc2noc(C)n2)c1. The van der Waals surface area contributed by atoms with Crippen molar-refractivity contribution >= 4 is 0 Å². The van der Waals surface area contributed by atoms with Gasteiger partial charge in [0.2, 0.25) is 11.7 Å². The number of benzene rings is 1. The van der Waals surface area contributed by atoms with Gasteiger partial charge in [0.05, 0.1) is 18.7 Å². The summed E-state index contributed by atoms with van der Waals surface area (Å²) >= 11 is 0. The van der Waals surface area contributed by atoms with E-state index in [1.807, 2.05) is 6.07 Å². The van der Waals surface area contributed by atoms with Gasteiger partial charge in [-0.05, 0) is 12.1 Å². The Bertz CT molecular complexity index is 586. The van der Waals surface area contributed by atoms with Crippen molar-refractivity contribution in [1.82, 2.24) is 10.1 Å². The first-order valence-electron chi connectivity index (χ1n) is 5.22. The molecule has 0 amide bonds. The average molecular weight is 245 g/mol. The summed E-state index contributed by atoms with van der Waals surface area (Å²) in [6, 6.07) is 6.97. The summed E-state index contributed by atoms with van der Waals surface area (Å²) in [5.74, 6) is 2.02. The molecule has 0 spiro atoms. The monoisotopic (exact) mass is 245 g/mol. The lowest BCUT2D eigenvalue weighted by Gasteiger charge is -2.06. The first-order chi connectivity index (χ1) is 8.71. The third-order valence-corrected chi connectivity index (χ3v) is 2.18. The van der Waals surface area contributed by atoms with Gasteiger partial charge in [-0.1, -0.05) is 5.16 Å². The number of ether oxygens (including phenoxy) is 2. The molecule has 2 rings (SSSR count). The molecule has 1 aromatic carbocycles. The summed E-state index contributed by atoms with van der Waals surface area (Å²) in [4.78, 5) is 4.01. The van der Waals surface area contributed by atoms with Crippen molar-refractivity contribution in [2.75, 3.05) is 7.11 Å². The number of hydrogen-bond donors (Lipinski definition) is 0. The molecule has 0 aliphatic rings. The lowest BCUT2D eigenvalue weighted by Crippen LogP contribution is -1.98. The van der Waals surface area contributed by atoms with E-state index in [0.29, 0.717) is 28.8 Å². The highest BCUT2D eigenvalue weighted by Crippen LogP contribution is 2.22. The molecule has 0 aliphatic carbocycles. The molecular weight excluding hydrogens is 234 g/mol. The van der Waals surface area contributed by atoms with Crippen molar-refractivity contribution in [2.45, 2.75) is 13.5 Å². The van der Waals surface area contributed by atoms with Gasteiger partial charge in [-0.2, -0.15) is 10.2 Å². The zero-order valence-corrected chi connectivity index (χ0v) is 10.0. The molecule has 0 radical (unpaired) electrons. The van der Waals surface area contributed by atoms with Gasteiger partial charge in [-0.25, -0.2) is 0 Å². The second-order valence-electron chi connectivity index (χ2n) is 3.53. The molecule has 0 aliphatic heterocycles. The van der Waals surface area contributed by atoms with Gasteiger partial charge in [-0.15, -0.1) is 0 Å². The van der Waals surface area contributed by atoms with Crippen LogP contribution in [0.1, 0.15) is 17.3 Å². The Morgan fingerprint density at radius 1 is 1.33 bits per heavy atom. The minimum atomic E-state index is 0.176. The molecule has 92 valence electrons. The number of aromatic nitrogens is 2. The second-order valence-corrected chi connectivity index (χ2v) is 3.53. The molecule has 0 saturated heterocycles. The lowest BCUT2D eigenvalue weighted by molar-refractivity contribution is 0.284. The van der Waals surface area contributed by atoms with E-state index < -0.39 is 0 Å². The van der Waals surface area contributed by atoms with E-state index >= 15 is 0 Å². The van der Waals surface area contributed by atoms with E-state index in [4.69, 9.17) is 19.3 Å². The predicted octanol–water partition coefficient (Wildman–Crippen LogP) is 1.84. The first-order valence-corrected chi connectivity index (χ1v) is 5.22. The number of aryl methyl sites for hydroxylation is 1. The Hall–Kier alpha value is -2.55. The zero-order valence-electron chi connectivity index (χ0n) is 10.0. The molecular formula is C12H11N3O3. The first kappa shape index (κ1) is 11.9. The summed E-state index contributed by atoms with van der Waals surface area (Å²) in [7, 11) is 1.53. The number of nitrogens with zero attached hydrogens (tertiary/aromatic N) is 3. The lowest BCUT2D eigenvalue weighted by atomic mass is 10.2. The van der Waals surface area contributed by atoms with E-state index in [1.165, 1.54) is 7.11 Å². The molecule has 0 atom stereocenters. The van der Waals surface area contributed by atoms with Gasteiger partial charge in [0.15, 0.2) is 6.61 Å². The fraction of sp³-hybridized carbons (Fsp3) is 0.250. The van der Waals surface area contributed by atoms with Crippen LogP contribution in [-0.2, 0) is 6.61 Å². The number of nitriles is 1. The molecule has 1 aromatic heterocycles. The maximum atomic E-state index is 8.87. The maximum Gasteiger partial charge on any atom is 0.223 e. The van der Waals surface area contributed by atoms with Crippen LogP contribution >= 0.6 is 0 Å². The van der Waals surface area contributed by atoms with Gasteiger partial charge in [0.1, 0.15) is 11.5 Å². The quantitative estimate of drug-likeness (QED) is 0.817. The largest absolute Gasteiger partial charge is 0.497 e. The highest BCUT2D eigenvalue weighted by molar-refractivity contribution is 5.43. The topological polar surface area (TPSA) is 81.2 Å². The molecule has 0 unspecified atom stereocenters. The Labute approximate surface area is 104 Å².